The predicted molar refractivity (Wildman–Crippen MR) is 129 cm³/mol. The van der Waals surface area contributed by atoms with Crippen LogP contribution in [0, 0.1) is 6.92 Å². The minimum absolute atomic E-state index is 0.891. The van der Waals surface area contributed by atoms with Crippen molar-refractivity contribution >= 4 is 33.0 Å². The summed E-state index contributed by atoms with van der Waals surface area (Å²) in [7, 11) is -0.891. The molecule has 0 aliphatic heterocycles. The fourth-order valence-corrected chi connectivity index (χ4v) is 6.49. The van der Waals surface area contributed by atoms with Crippen LogP contribution in [-0.2, 0) is 12.8 Å². The van der Waals surface area contributed by atoms with Crippen molar-refractivity contribution in [2.75, 3.05) is 18.8 Å². The van der Waals surface area contributed by atoms with Crippen molar-refractivity contribution in [1.82, 2.24) is 0 Å². The van der Waals surface area contributed by atoms with Crippen LogP contribution in [-0.4, -0.2) is 18.8 Å². The van der Waals surface area contributed by atoms with Crippen LogP contribution >= 0.6 is 10.0 Å². The van der Waals surface area contributed by atoms with E-state index in [1.165, 1.54) is 38.6 Å². The molecule has 28 heavy (non-hydrogen) atoms. The van der Waals surface area contributed by atoms with Gasteiger partial charge in [0.2, 0.25) is 0 Å². The zero-order valence-electron chi connectivity index (χ0n) is 17.7. The molecule has 0 bridgehead atoms. The molecule has 3 aromatic rings. The first-order valence-electron chi connectivity index (χ1n) is 9.97. The van der Waals surface area contributed by atoms with Crippen molar-refractivity contribution in [2.24, 2.45) is 0 Å². The standard InChI is InChI=1S/C27H30S/c1-7-11-20-16-25-23(14-19(20)8-2)18(3)24-15-21-12-9-10-13-22(21)17-26(24)27(25)28(4,5)6/h7-14,16H,2,15,17H2,1,3-6H3/b11-7-. The van der Waals surface area contributed by atoms with E-state index in [-0.39, 0.29) is 0 Å². The van der Waals surface area contributed by atoms with Gasteiger partial charge in [0.25, 0.3) is 0 Å². The summed E-state index contributed by atoms with van der Waals surface area (Å²) in [5, 5.41) is 2.84. The molecule has 0 heterocycles. The predicted octanol–water partition coefficient (Wildman–Crippen LogP) is 7.37. The van der Waals surface area contributed by atoms with Crippen molar-refractivity contribution in [2.45, 2.75) is 31.6 Å². The maximum absolute atomic E-state index is 4.07. The minimum Gasteiger partial charge on any atom is -0.222 e. The summed E-state index contributed by atoms with van der Waals surface area (Å²) in [6.07, 6.45) is 15.8. The van der Waals surface area contributed by atoms with Gasteiger partial charge in [-0.3, -0.25) is 0 Å². The molecule has 0 N–H and O–H groups in total. The quantitative estimate of drug-likeness (QED) is 0.345. The molecule has 1 heteroatoms. The molecule has 0 nitrogen and oxygen atoms in total. The van der Waals surface area contributed by atoms with E-state index in [1.807, 2.05) is 6.08 Å². The molecule has 0 atom stereocenters. The Bertz CT molecular complexity index is 1120. The Morgan fingerprint density at radius 3 is 2.07 bits per heavy atom. The van der Waals surface area contributed by atoms with Crippen molar-refractivity contribution in [3.8, 4) is 0 Å². The smallest absolute Gasteiger partial charge is 0.00114 e. The minimum atomic E-state index is -0.891. The molecule has 0 spiro atoms. The molecule has 0 aromatic heterocycles. The monoisotopic (exact) mass is 386 g/mol. The molecule has 0 saturated carbocycles. The van der Waals surface area contributed by atoms with Crippen LogP contribution in [0.4, 0.5) is 0 Å². The second-order valence-electron chi connectivity index (χ2n) is 8.60. The molecule has 1 aliphatic rings. The number of rotatable bonds is 3. The molecule has 144 valence electrons. The van der Waals surface area contributed by atoms with E-state index in [1.54, 1.807) is 16.0 Å². The SMILES string of the molecule is C=Cc1cc2c(C)c3c(c(S(C)(C)C)c2cc1/C=C\C)Cc1ccccc1C3. The third-order valence-electron chi connectivity index (χ3n) is 5.99. The molecular weight excluding hydrogens is 356 g/mol. The summed E-state index contributed by atoms with van der Waals surface area (Å²) < 4.78 is 0. The Morgan fingerprint density at radius 2 is 1.50 bits per heavy atom. The molecule has 0 unspecified atom stereocenters. The first kappa shape index (κ1) is 19.1. The Balaban J connectivity index is 2.13. The van der Waals surface area contributed by atoms with E-state index < -0.39 is 10.0 Å². The van der Waals surface area contributed by atoms with Crippen molar-refractivity contribution in [1.29, 1.82) is 0 Å². The molecule has 1 aliphatic carbocycles. The van der Waals surface area contributed by atoms with Crippen molar-refractivity contribution < 1.29 is 0 Å². The van der Waals surface area contributed by atoms with E-state index in [0.29, 0.717) is 0 Å². The van der Waals surface area contributed by atoms with Gasteiger partial charge in [0, 0.05) is 4.90 Å². The van der Waals surface area contributed by atoms with Crippen LogP contribution in [0.1, 0.15) is 45.9 Å². The summed E-state index contributed by atoms with van der Waals surface area (Å²) in [5.41, 5.74) is 10.1. The third-order valence-corrected chi connectivity index (χ3v) is 7.69. The van der Waals surface area contributed by atoms with Crippen LogP contribution in [0.25, 0.3) is 22.9 Å². The molecular formula is C27H30S. The van der Waals surface area contributed by atoms with E-state index in [9.17, 15) is 0 Å². The molecule has 4 rings (SSSR count). The Labute approximate surface area is 171 Å². The second-order valence-corrected chi connectivity index (χ2v) is 12.7. The largest absolute Gasteiger partial charge is 0.222 e. The highest BCUT2D eigenvalue weighted by atomic mass is 32.3. The molecule has 0 saturated heterocycles. The fourth-order valence-electron chi connectivity index (χ4n) is 4.73. The van der Waals surface area contributed by atoms with Gasteiger partial charge in [-0.1, -0.05) is 49.1 Å². The van der Waals surface area contributed by atoms with E-state index in [4.69, 9.17) is 0 Å². The van der Waals surface area contributed by atoms with E-state index in [0.717, 1.165) is 12.8 Å². The van der Waals surface area contributed by atoms with Gasteiger partial charge < -0.3 is 0 Å². The summed E-state index contributed by atoms with van der Waals surface area (Å²) >= 11 is 0. The maximum atomic E-state index is 4.07. The van der Waals surface area contributed by atoms with Gasteiger partial charge in [0.1, 0.15) is 0 Å². The normalized spacial score (nSPS) is 14.2. The maximum Gasteiger partial charge on any atom is 0.00114 e. The number of hydrogen-bond donors (Lipinski definition) is 0. The Hall–Kier alpha value is -2.25. The lowest BCUT2D eigenvalue weighted by Crippen LogP contribution is -2.14. The first-order valence-corrected chi connectivity index (χ1v) is 12.8. The van der Waals surface area contributed by atoms with Crippen molar-refractivity contribution in [3.05, 3.63) is 88.0 Å². The topological polar surface area (TPSA) is 0 Å². The first-order chi connectivity index (χ1) is 13.3. The van der Waals surface area contributed by atoms with Crippen LogP contribution in [0.3, 0.4) is 0 Å². The average molecular weight is 387 g/mol. The Kier molecular flexibility index (Phi) is 4.75. The zero-order chi connectivity index (χ0) is 20.1. The highest BCUT2D eigenvalue weighted by molar-refractivity contribution is 8.32. The third kappa shape index (κ3) is 3.02. The second kappa shape index (κ2) is 6.97. The highest BCUT2D eigenvalue weighted by Gasteiger charge is 2.27. The Morgan fingerprint density at radius 1 is 0.893 bits per heavy atom. The number of allylic oxidation sites excluding steroid dienone is 1. The lowest BCUT2D eigenvalue weighted by molar-refractivity contribution is 0.964. The molecule has 0 fully saturated rings. The molecule has 0 amide bonds. The van der Waals surface area contributed by atoms with E-state index >= 15 is 0 Å². The van der Waals surface area contributed by atoms with Gasteiger partial charge in [0.05, 0.1) is 0 Å². The summed E-state index contributed by atoms with van der Waals surface area (Å²) in [6.45, 7) is 8.47. The summed E-state index contributed by atoms with van der Waals surface area (Å²) in [6, 6.07) is 13.7. The molecule has 3 aromatic carbocycles. The van der Waals surface area contributed by atoms with E-state index in [2.05, 4.69) is 87.7 Å². The zero-order valence-corrected chi connectivity index (χ0v) is 18.5. The summed E-state index contributed by atoms with van der Waals surface area (Å²) in [4.78, 5) is 1.60. The lowest BCUT2D eigenvalue weighted by Gasteiger charge is -2.35. The average Bonchev–Trinajstić information content (AvgIpc) is 2.66. The van der Waals surface area contributed by atoms with Gasteiger partial charge in [-0.15, -0.1) is 0 Å². The van der Waals surface area contributed by atoms with Crippen LogP contribution in [0.5, 0.6) is 0 Å². The van der Waals surface area contributed by atoms with Crippen molar-refractivity contribution in [3.63, 3.8) is 0 Å². The number of aryl methyl sites for hydroxylation is 1. The van der Waals surface area contributed by atoms with Gasteiger partial charge in [-0.05, 0) is 107 Å². The van der Waals surface area contributed by atoms with Gasteiger partial charge in [-0.25, -0.2) is 10.0 Å². The van der Waals surface area contributed by atoms with Gasteiger partial charge in [0.15, 0.2) is 0 Å². The highest BCUT2D eigenvalue weighted by Crippen LogP contribution is 2.54. The molecule has 0 radical (unpaired) electrons. The lowest BCUT2D eigenvalue weighted by atomic mass is 9.81. The number of fused-ring (bicyclic) bond motifs is 3. The van der Waals surface area contributed by atoms with Gasteiger partial charge in [-0.2, -0.15) is 0 Å². The van der Waals surface area contributed by atoms with Gasteiger partial charge >= 0.3 is 0 Å². The van der Waals surface area contributed by atoms with Crippen LogP contribution in [0.2, 0.25) is 0 Å². The fraction of sp³-hybridized carbons (Fsp3) is 0.259. The van der Waals surface area contributed by atoms with Crippen LogP contribution < -0.4 is 0 Å². The number of hydrogen-bond acceptors (Lipinski definition) is 0. The summed E-state index contributed by atoms with van der Waals surface area (Å²) in [5.74, 6) is 0. The number of benzene rings is 3. The van der Waals surface area contributed by atoms with Crippen LogP contribution in [0.15, 0.2) is 53.9 Å².